The quantitative estimate of drug-likeness (QED) is 0.129. The molecule has 2 aliphatic carbocycles. The normalized spacial score (nSPS) is 18.8. The van der Waals surface area contributed by atoms with Gasteiger partial charge in [0.2, 0.25) is 0 Å². The molecule has 0 unspecified atom stereocenters. The first-order chi connectivity index (χ1) is 37.6. The van der Waals surface area contributed by atoms with Crippen molar-refractivity contribution in [2.45, 2.75) is 275 Å². The first-order valence-electron chi connectivity index (χ1n) is 29.9. The van der Waals surface area contributed by atoms with Crippen molar-refractivity contribution in [3.8, 4) is 0 Å². The molecule has 0 N–H and O–H groups in total. The third-order valence-corrected chi connectivity index (χ3v) is 20.4. The molecule has 15 nitrogen and oxygen atoms in total. The Morgan fingerprint density at radius 1 is 0.481 bits per heavy atom. The number of oxazole rings is 2. The molecule has 12 heterocycles. The van der Waals surface area contributed by atoms with Gasteiger partial charge in [0.1, 0.15) is 11.5 Å². The van der Waals surface area contributed by atoms with Crippen LogP contribution < -0.4 is 0 Å². The van der Waals surface area contributed by atoms with Crippen LogP contribution in [0.1, 0.15) is 240 Å². The maximum absolute atomic E-state index is 5.78. The molecule has 0 radical (unpaired) electrons. The van der Waals surface area contributed by atoms with Crippen molar-refractivity contribution >= 4 is 34.0 Å². The molecule has 18 heteroatoms. The average Bonchev–Trinajstić information content (AvgIpc) is 4.23. The molecule has 0 aromatic carbocycles. The van der Waals surface area contributed by atoms with Crippen molar-refractivity contribution in [3.63, 3.8) is 0 Å². The monoisotopic (exact) mass is 1140 g/mol. The number of aryl methyl sites for hydroxylation is 3. The SMILES string of the molecule is CC(C)N1Cc2cnn(C)c2C1.CC(C)N1Cc2nc(C3CC3)oc2C1.CC(C)N1Cc2nc(C3CC3)sc2C1.CC(C)c1nc2c(s1)CN(C(C)C)C2.CCc1nc2c(s1)CN(C(C)C)C2.Cc1nc2c(o1)CN(C(C)C)C2. The van der Waals surface area contributed by atoms with E-state index in [9.17, 15) is 0 Å². The van der Waals surface area contributed by atoms with Crippen LogP contribution in [0.3, 0.4) is 0 Å². The van der Waals surface area contributed by atoms with E-state index in [1.807, 2.05) is 58.9 Å². The molecule has 6 aliphatic heterocycles. The summed E-state index contributed by atoms with van der Waals surface area (Å²) in [6, 6.07) is 3.74. The van der Waals surface area contributed by atoms with Crippen LogP contribution in [-0.2, 0) is 92.0 Å². The Morgan fingerprint density at radius 3 is 1.38 bits per heavy atom. The average molecular weight is 1140 g/mol. The predicted molar refractivity (Wildman–Crippen MR) is 321 cm³/mol. The van der Waals surface area contributed by atoms with E-state index in [2.05, 4.69) is 153 Å². The van der Waals surface area contributed by atoms with Crippen molar-refractivity contribution < 1.29 is 8.83 Å². The lowest BCUT2D eigenvalue weighted by atomic mass is 10.2. The first kappa shape index (κ1) is 59.9. The molecule has 0 amide bonds. The van der Waals surface area contributed by atoms with Gasteiger partial charge in [-0.3, -0.25) is 34.1 Å². The summed E-state index contributed by atoms with van der Waals surface area (Å²) in [7, 11) is 2.02. The smallest absolute Gasteiger partial charge is 0.197 e. The van der Waals surface area contributed by atoms with E-state index >= 15 is 0 Å². The van der Waals surface area contributed by atoms with E-state index < -0.39 is 0 Å². The number of thiazole rings is 3. The van der Waals surface area contributed by atoms with Crippen LogP contribution in [-0.4, -0.2) is 100 Å². The molecule has 0 bridgehead atoms. The summed E-state index contributed by atoms with van der Waals surface area (Å²) in [6.07, 6.45) is 8.36. The zero-order chi connectivity index (χ0) is 56.6. The summed E-state index contributed by atoms with van der Waals surface area (Å²) in [6.45, 7) is 47.8. The summed E-state index contributed by atoms with van der Waals surface area (Å²) in [5, 5.41) is 8.24. The second-order valence-electron chi connectivity index (χ2n) is 25.1. The summed E-state index contributed by atoms with van der Waals surface area (Å²) >= 11 is 5.75. The Kier molecular flexibility index (Phi) is 19.6. The zero-order valence-electron chi connectivity index (χ0n) is 51.1. The van der Waals surface area contributed by atoms with E-state index in [1.54, 1.807) is 0 Å². The lowest BCUT2D eigenvalue weighted by Gasteiger charge is -2.19. The van der Waals surface area contributed by atoms with Gasteiger partial charge in [-0.05, 0) is 115 Å². The number of hydrogen-bond donors (Lipinski definition) is 0. The van der Waals surface area contributed by atoms with Crippen molar-refractivity contribution in [2.24, 2.45) is 7.05 Å². The Hall–Kier alpha value is -3.72. The van der Waals surface area contributed by atoms with Gasteiger partial charge in [-0.2, -0.15) is 5.10 Å². The summed E-state index contributed by atoms with van der Waals surface area (Å²) < 4.78 is 13.2. The third kappa shape index (κ3) is 14.9. The molecule has 0 saturated heterocycles. The van der Waals surface area contributed by atoms with E-state index in [0.717, 1.165) is 120 Å². The van der Waals surface area contributed by atoms with Gasteiger partial charge in [0.15, 0.2) is 11.8 Å². The molecule has 14 rings (SSSR count). The molecule has 0 spiro atoms. The minimum Gasteiger partial charge on any atom is -0.444 e. The lowest BCUT2D eigenvalue weighted by Crippen LogP contribution is -2.25. The maximum Gasteiger partial charge on any atom is 0.197 e. The van der Waals surface area contributed by atoms with Gasteiger partial charge in [-0.25, -0.2) is 24.9 Å². The highest BCUT2D eigenvalue weighted by Gasteiger charge is 2.35. The molecule has 6 aromatic rings. The fraction of sp³-hybridized carbons (Fsp3) is 0.705. The number of hydrogen-bond acceptors (Lipinski definition) is 17. The topological polar surface area (TPSA) is 128 Å². The largest absolute Gasteiger partial charge is 0.444 e. The second-order valence-corrected chi connectivity index (χ2v) is 28.5. The van der Waals surface area contributed by atoms with Crippen molar-refractivity contribution in [2.75, 3.05) is 0 Å². The number of rotatable bonds is 10. The van der Waals surface area contributed by atoms with E-state index in [0.29, 0.717) is 48.1 Å². The van der Waals surface area contributed by atoms with Crippen molar-refractivity contribution in [1.29, 1.82) is 0 Å². The second kappa shape index (κ2) is 25.8. The molecule has 8 aliphatic rings. The van der Waals surface area contributed by atoms with E-state index in [-0.39, 0.29) is 0 Å². The number of aromatic nitrogens is 7. The molecule has 79 heavy (non-hydrogen) atoms. The van der Waals surface area contributed by atoms with Crippen molar-refractivity contribution in [1.82, 2.24) is 64.1 Å². The molecular weight excluding hydrogens is 1040 g/mol. The van der Waals surface area contributed by atoms with Gasteiger partial charge in [-0.15, -0.1) is 34.0 Å². The third-order valence-electron chi connectivity index (χ3n) is 16.5. The van der Waals surface area contributed by atoms with Gasteiger partial charge >= 0.3 is 0 Å². The molecule has 434 valence electrons. The zero-order valence-corrected chi connectivity index (χ0v) is 53.6. The highest BCUT2D eigenvalue weighted by Crippen LogP contribution is 2.45. The van der Waals surface area contributed by atoms with Crippen LogP contribution in [0, 0.1) is 6.92 Å². The van der Waals surface area contributed by atoms with Crippen LogP contribution in [0.5, 0.6) is 0 Å². The molecule has 6 aromatic heterocycles. The minimum absolute atomic E-state index is 0.578. The van der Waals surface area contributed by atoms with Gasteiger partial charge in [0.25, 0.3) is 0 Å². The summed E-state index contributed by atoms with van der Waals surface area (Å²) in [4.78, 5) is 42.1. The van der Waals surface area contributed by atoms with Crippen LogP contribution in [0.15, 0.2) is 15.0 Å². The fourth-order valence-corrected chi connectivity index (χ4v) is 13.9. The Labute approximate surface area is 485 Å². The van der Waals surface area contributed by atoms with E-state index in [4.69, 9.17) is 18.8 Å². The number of nitrogens with zero attached hydrogens (tertiary/aromatic N) is 13. The van der Waals surface area contributed by atoms with Crippen LogP contribution in [0.4, 0.5) is 0 Å². The molecule has 0 atom stereocenters. The standard InChI is InChI=1S/C11H16N2O.C11H16N2S.C11H18N2S.C10H16N2S.C9H15N3.C9H14N2O/c2*1-7(2)13-5-9-10(6-13)14-11(12-9)8-3-4-8;1-7(2)11-12-9-5-13(8(3)4)6-10(9)14-11;1-4-10-11-8-5-12(7(2)3)6-9(8)13-10;1-7(2)12-5-8-4-10-11(3)9(8)6-12;1-6(2)11-4-8-9(5-11)12-7(3)10-8/h2*7-8H,3-6H2,1-2H3;7-8H,5-6H2,1-4H3;7H,4-6H2,1-3H3;4,7H,5-6H2,1-3H3;6H,4-5H2,1-3H3. The highest BCUT2D eigenvalue weighted by molar-refractivity contribution is 7.12. The lowest BCUT2D eigenvalue weighted by molar-refractivity contribution is 0.211. The maximum atomic E-state index is 5.78. The van der Waals surface area contributed by atoms with Gasteiger partial charge in [0.05, 0.1) is 68.5 Å². The predicted octanol–water partition coefficient (Wildman–Crippen LogP) is 13.3. The highest BCUT2D eigenvalue weighted by atomic mass is 32.1. The molecule has 2 saturated carbocycles. The van der Waals surface area contributed by atoms with E-state index in [1.165, 1.54) is 89.4 Å². The molecular formula is C61H95N13O2S3. The summed E-state index contributed by atoms with van der Waals surface area (Å²) in [5.41, 5.74) is 9.10. The molecule has 2 fully saturated rings. The van der Waals surface area contributed by atoms with Gasteiger partial charge < -0.3 is 8.83 Å². The minimum atomic E-state index is 0.578. The Balaban J connectivity index is 0.000000115. The van der Waals surface area contributed by atoms with Gasteiger partial charge in [-0.1, -0.05) is 20.8 Å². The number of fused-ring (bicyclic) bond motifs is 6. The first-order valence-corrected chi connectivity index (χ1v) is 32.4. The fourth-order valence-electron chi connectivity index (χ4n) is 10.5. The summed E-state index contributed by atoms with van der Waals surface area (Å²) in [5.74, 6) is 6.02. The van der Waals surface area contributed by atoms with Crippen LogP contribution in [0.2, 0.25) is 0 Å². The Morgan fingerprint density at radius 2 is 0.937 bits per heavy atom. The Bertz CT molecular complexity index is 2660. The van der Waals surface area contributed by atoms with Crippen LogP contribution in [0.25, 0.3) is 0 Å². The van der Waals surface area contributed by atoms with Gasteiger partial charge in [0, 0.05) is 154 Å². The van der Waals surface area contributed by atoms with Crippen molar-refractivity contribution in [3.05, 3.63) is 98.9 Å². The van der Waals surface area contributed by atoms with Crippen LogP contribution >= 0.6 is 34.0 Å².